The molecule has 1 heterocycles. The molecule has 1 amide bonds. The minimum atomic E-state index is -0.938. The molecule has 1 unspecified atom stereocenters. The van der Waals surface area contributed by atoms with Crippen LogP contribution in [0.25, 0.3) is 11.3 Å². The molecule has 7 nitrogen and oxygen atoms in total. The maximum Gasteiger partial charge on any atom is 0.305 e. The van der Waals surface area contributed by atoms with E-state index in [0.29, 0.717) is 12.1 Å². The van der Waals surface area contributed by atoms with Gasteiger partial charge >= 0.3 is 5.97 Å². The summed E-state index contributed by atoms with van der Waals surface area (Å²) in [5.74, 6) is -0.414. The van der Waals surface area contributed by atoms with Crippen molar-refractivity contribution >= 4 is 28.3 Å². The summed E-state index contributed by atoms with van der Waals surface area (Å²) in [6.07, 6.45) is 3.13. The summed E-state index contributed by atoms with van der Waals surface area (Å²) in [6, 6.07) is 24.3. The predicted octanol–water partition coefficient (Wildman–Crippen LogP) is 6.11. The number of carbonyl (C=O) groups excluding carboxylic acids is 1. The number of benzene rings is 3. The summed E-state index contributed by atoms with van der Waals surface area (Å²) in [7, 11) is 1.67. The van der Waals surface area contributed by atoms with Crippen LogP contribution in [0.1, 0.15) is 52.4 Å². The molecule has 8 heteroatoms. The van der Waals surface area contributed by atoms with Crippen LogP contribution in [-0.4, -0.2) is 35.6 Å². The SMILES string of the molecule is COc1cccc(-c2csc(N(Cc3ccc(C(=O)NCCC(=O)O)cc3)C3CCCc4ccccc43)n2)c1. The van der Waals surface area contributed by atoms with Crippen LogP contribution in [-0.2, 0) is 17.8 Å². The Bertz CT molecular complexity index is 1450. The van der Waals surface area contributed by atoms with Crippen molar-refractivity contribution in [3.05, 3.63) is 100 Å². The Morgan fingerprint density at radius 1 is 1.10 bits per heavy atom. The molecule has 0 fully saturated rings. The van der Waals surface area contributed by atoms with E-state index >= 15 is 0 Å². The molecular weight excluding hydrogens is 510 g/mol. The minimum Gasteiger partial charge on any atom is -0.497 e. The van der Waals surface area contributed by atoms with Crippen LogP contribution in [0.3, 0.4) is 0 Å². The molecule has 0 bridgehead atoms. The molecule has 0 saturated heterocycles. The predicted molar refractivity (Wildman–Crippen MR) is 153 cm³/mol. The van der Waals surface area contributed by atoms with Gasteiger partial charge in [0.2, 0.25) is 0 Å². The summed E-state index contributed by atoms with van der Waals surface area (Å²) in [5, 5.41) is 14.5. The maximum atomic E-state index is 12.4. The van der Waals surface area contributed by atoms with Gasteiger partial charge in [0.15, 0.2) is 5.13 Å². The van der Waals surface area contributed by atoms with Gasteiger partial charge in [0, 0.05) is 29.6 Å². The molecule has 3 aromatic carbocycles. The Labute approximate surface area is 232 Å². The third-order valence-corrected chi connectivity index (χ3v) is 7.89. The van der Waals surface area contributed by atoms with Gasteiger partial charge in [-0.2, -0.15) is 0 Å². The van der Waals surface area contributed by atoms with Crippen molar-refractivity contribution in [3.8, 4) is 17.0 Å². The average molecular weight is 542 g/mol. The summed E-state index contributed by atoms with van der Waals surface area (Å²) >= 11 is 1.63. The van der Waals surface area contributed by atoms with Gasteiger partial charge in [0.1, 0.15) is 5.75 Å². The number of amides is 1. The van der Waals surface area contributed by atoms with Crippen LogP contribution in [0, 0.1) is 0 Å². The highest BCUT2D eigenvalue weighted by Crippen LogP contribution is 2.40. The van der Waals surface area contributed by atoms with Gasteiger partial charge in [-0.15, -0.1) is 11.3 Å². The van der Waals surface area contributed by atoms with Crippen molar-refractivity contribution < 1.29 is 19.4 Å². The number of fused-ring (bicyclic) bond motifs is 1. The Balaban J connectivity index is 1.42. The molecule has 0 spiro atoms. The fourth-order valence-corrected chi connectivity index (χ4v) is 5.90. The first-order valence-corrected chi connectivity index (χ1v) is 13.9. The largest absolute Gasteiger partial charge is 0.497 e. The second kappa shape index (κ2) is 12.1. The standard InChI is InChI=1S/C31H31N3O4S/c1-38-25-9-4-8-24(18-25)27-20-39-31(33-27)34(28-11-5-7-22-6-2-3-10-26(22)28)19-21-12-14-23(15-13-21)30(37)32-17-16-29(35)36/h2-4,6,8-10,12-15,18,20,28H,5,7,11,16-17,19H2,1H3,(H,32,37)(H,35,36). The summed E-state index contributed by atoms with van der Waals surface area (Å²) < 4.78 is 5.41. The van der Waals surface area contributed by atoms with Crippen LogP contribution < -0.4 is 15.0 Å². The number of hydrogen-bond donors (Lipinski definition) is 2. The summed E-state index contributed by atoms with van der Waals surface area (Å²) in [4.78, 5) is 30.6. The second-order valence-corrected chi connectivity index (χ2v) is 10.4. The third-order valence-electron chi connectivity index (χ3n) is 7.01. The number of aliphatic carboxylic acids is 1. The first-order chi connectivity index (χ1) is 19.0. The third kappa shape index (κ3) is 6.29. The lowest BCUT2D eigenvalue weighted by atomic mass is 9.87. The molecule has 2 N–H and O–H groups in total. The molecule has 39 heavy (non-hydrogen) atoms. The molecule has 5 rings (SSSR count). The van der Waals surface area contributed by atoms with Gasteiger partial charge in [0.05, 0.1) is 25.3 Å². The zero-order valence-corrected chi connectivity index (χ0v) is 22.6. The monoisotopic (exact) mass is 541 g/mol. The van der Waals surface area contributed by atoms with E-state index < -0.39 is 5.97 Å². The molecule has 0 aliphatic heterocycles. The van der Waals surface area contributed by atoms with Crippen molar-refractivity contribution in [2.45, 2.75) is 38.3 Å². The van der Waals surface area contributed by atoms with Crippen LogP contribution in [0.4, 0.5) is 5.13 Å². The zero-order valence-electron chi connectivity index (χ0n) is 21.8. The molecule has 1 atom stereocenters. The average Bonchev–Trinajstić information content (AvgIpc) is 3.46. The van der Waals surface area contributed by atoms with E-state index in [2.05, 4.69) is 39.9 Å². The van der Waals surface area contributed by atoms with E-state index in [4.69, 9.17) is 14.8 Å². The molecule has 200 valence electrons. The van der Waals surface area contributed by atoms with Crippen molar-refractivity contribution in [3.63, 3.8) is 0 Å². The zero-order chi connectivity index (χ0) is 27.2. The highest BCUT2D eigenvalue weighted by Gasteiger charge is 2.28. The van der Waals surface area contributed by atoms with Gasteiger partial charge in [-0.3, -0.25) is 9.59 Å². The number of carbonyl (C=O) groups is 2. The van der Waals surface area contributed by atoms with E-state index in [-0.39, 0.29) is 24.9 Å². The number of hydrogen-bond acceptors (Lipinski definition) is 6. The highest BCUT2D eigenvalue weighted by molar-refractivity contribution is 7.14. The number of ether oxygens (including phenoxy) is 1. The molecular formula is C31H31N3O4S. The number of anilines is 1. The highest BCUT2D eigenvalue weighted by atomic mass is 32.1. The van der Waals surface area contributed by atoms with Gasteiger partial charge in [-0.05, 0) is 60.2 Å². The Kier molecular flexibility index (Phi) is 8.22. The van der Waals surface area contributed by atoms with Crippen LogP contribution >= 0.6 is 11.3 Å². The molecule has 0 saturated carbocycles. The summed E-state index contributed by atoms with van der Waals surface area (Å²) in [5.41, 5.74) is 6.23. The van der Waals surface area contributed by atoms with Crippen molar-refractivity contribution in [1.82, 2.24) is 10.3 Å². The number of thiazole rings is 1. The summed E-state index contributed by atoms with van der Waals surface area (Å²) in [6.45, 7) is 0.745. The quantitative estimate of drug-likeness (QED) is 0.252. The van der Waals surface area contributed by atoms with Crippen molar-refractivity contribution in [2.75, 3.05) is 18.6 Å². The number of carboxylic acids is 1. The van der Waals surface area contributed by atoms with E-state index in [1.165, 1.54) is 11.1 Å². The fraction of sp³-hybridized carbons (Fsp3) is 0.258. The van der Waals surface area contributed by atoms with Crippen molar-refractivity contribution in [1.29, 1.82) is 0 Å². The number of aryl methyl sites for hydroxylation is 1. The minimum absolute atomic E-state index is 0.102. The Morgan fingerprint density at radius 3 is 2.72 bits per heavy atom. The van der Waals surface area contributed by atoms with E-state index in [9.17, 15) is 9.59 Å². The molecule has 1 aliphatic carbocycles. The van der Waals surface area contributed by atoms with E-state index in [0.717, 1.165) is 47.0 Å². The number of nitrogens with one attached hydrogen (secondary N) is 1. The maximum absolute atomic E-state index is 12.4. The second-order valence-electron chi connectivity index (χ2n) is 9.58. The number of nitrogens with zero attached hydrogens (tertiary/aromatic N) is 2. The lowest BCUT2D eigenvalue weighted by Gasteiger charge is -2.36. The number of methoxy groups -OCH3 is 1. The Hall–Kier alpha value is -4.17. The van der Waals surface area contributed by atoms with Crippen LogP contribution in [0.5, 0.6) is 5.75 Å². The van der Waals surface area contributed by atoms with Crippen LogP contribution in [0.2, 0.25) is 0 Å². The fourth-order valence-electron chi connectivity index (χ4n) is 5.02. The molecule has 1 aromatic heterocycles. The molecule has 0 radical (unpaired) electrons. The smallest absolute Gasteiger partial charge is 0.305 e. The van der Waals surface area contributed by atoms with Gasteiger partial charge in [0.25, 0.3) is 5.91 Å². The lowest BCUT2D eigenvalue weighted by molar-refractivity contribution is -0.136. The van der Waals surface area contributed by atoms with Crippen LogP contribution in [0.15, 0.2) is 78.2 Å². The van der Waals surface area contributed by atoms with E-state index in [1.807, 2.05) is 36.4 Å². The van der Waals surface area contributed by atoms with Crippen molar-refractivity contribution in [2.24, 2.45) is 0 Å². The van der Waals surface area contributed by atoms with Gasteiger partial charge < -0.3 is 20.1 Å². The number of carboxylic acid groups (broad SMARTS) is 1. The molecule has 1 aliphatic rings. The first kappa shape index (κ1) is 26.4. The van der Waals surface area contributed by atoms with E-state index in [1.54, 1.807) is 30.6 Å². The molecule has 4 aromatic rings. The Morgan fingerprint density at radius 2 is 1.92 bits per heavy atom. The normalized spacial score (nSPS) is 14.3. The van der Waals surface area contributed by atoms with Gasteiger partial charge in [-0.25, -0.2) is 4.98 Å². The lowest BCUT2D eigenvalue weighted by Crippen LogP contribution is -2.31. The van der Waals surface area contributed by atoms with Gasteiger partial charge in [-0.1, -0.05) is 48.5 Å². The number of rotatable bonds is 10. The number of aromatic nitrogens is 1. The topological polar surface area (TPSA) is 91.8 Å². The first-order valence-electron chi connectivity index (χ1n) is 13.0.